The molecular weight excluding hydrogens is 232 g/mol. The van der Waals surface area contributed by atoms with Gasteiger partial charge in [0.15, 0.2) is 5.78 Å². The van der Waals surface area contributed by atoms with E-state index in [4.69, 9.17) is 4.42 Å². The van der Waals surface area contributed by atoms with Crippen molar-refractivity contribution >= 4 is 11.6 Å². The predicted molar refractivity (Wildman–Crippen MR) is 63.2 cm³/mol. The Morgan fingerprint density at radius 1 is 0.944 bits per heavy atom. The number of carbonyl (C=O) groups is 2. The number of ketones is 2. The second-order valence-corrected chi connectivity index (χ2v) is 4.32. The summed E-state index contributed by atoms with van der Waals surface area (Å²) in [5, 5.41) is 9.76. The van der Waals surface area contributed by atoms with Crippen LogP contribution in [0.2, 0.25) is 0 Å². The van der Waals surface area contributed by atoms with Crippen molar-refractivity contribution in [2.75, 3.05) is 0 Å². The minimum absolute atomic E-state index is 0.0684. The van der Waals surface area contributed by atoms with Crippen LogP contribution in [0, 0.1) is 13.8 Å². The van der Waals surface area contributed by atoms with Crippen LogP contribution >= 0.6 is 0 Å². The molecule has 0 aliphatic heterocycles. The van der Waals surface area contributed by atoms with E-state index >= 15 is 0 Å². The first-order valence-corrected chi connectivity index (χ1v) is 5.53. The number of hydrogen-bond donors (Lipinski definition) is 1. The highest BCUT2D eigenvalue weighted by Crippen LogP contribution is 2.36. The van der Waals surface area contributed by atoms with Crippen molar-refractivity contribution < 1.29 is 19.1 Å². The highest BCUT2D eigenvalue weighted by Gasteiger charge is 2.36. The molecule has 4 nitrogen and oxygen atoms in total. The second kappa shape index (κ2) is 3.32. The van der Waals surface area contributed by atoms with Crippen LogP contribution in [-0.4, -0.2) is 16.7 Å². The summed E-state index contributed by atoms with van der Waals surface area (Å²) in [6.07, 6.45) is 0. The molecule has 0 atom stereocenters. The number of furan rings is 1. The number of rotatable bonds is 0. The number of hydrogen-bond acceptors (Lipinski definition) is 4. The fourth-order valence-corrected chi connectivity index (χ4v) is 2.46. The van der Waals surface area contributed by atoms with Crippen LogP contribution in [0.15, 0.2) is 22.6 Å². The molecule has 1 aromatic heterocycles. The maximum atomic E-state index is 12.3. The Kier molecular flexibility index (Phi) is 1.99. The summed E-state index contributed by atoms with van der Waals surface area (Å²) in [6, 6.07) is 4.49. The monoisotopic (exact) mass is 242 g/mol. The van der Waals surface area contributed by atoms with Gasteiger partial charge in [-0.05, 0) is 19.9 Å². The third-order valence-electron chi connectivity index (χ3n) is 3.23. The Labute approximate surface area is 103 Å². The van der Waals surface area contributed by atoms with Gasteiger partial charge in [-0.25, -0.2) is 0 Å². The molecule has 90 valence electrons. The average molecular weight is 242 g/mol. The van der Waals surface area contributed by atoms with Gasteiger partial charge in [0.05, 0.1) is 16.7 Å². The molecule has 2 aromatic rings. The SMILES string of the molecule is Cc1oc(C)c2c1C(=O)c1cccc(O)c1C2=O. The van der Waals surface area contributed by atoms with Crippen molar-refractivity contribution in [3.8, 4) is 5.75 Å². The lowest BCUT2D eigenvalue weighted by Gasteiger charge is -2.15. The second-order valence-electron chi connectivity index (χ2n) is 4.32. The first-order chi connectivity index (χ1) is 8.52. The van der Waals surface area contributed by atoms with Gasteiger partial charge < -0.3 is 9.52 Å². The van der Waals surface area contributed by atoms with Crippen molar-refractivity contribution in [3.63, 3.8) is 0 Å². The lowest BCUT2D eigenvalue weighted by Crippen LogP contribution is -2.20. The minimum Gasteiger partial charge on any atom is -0.507 e. The number of phenolic OH excluding ortho intramolecular Hbond substituents is 1. The van der Waals surface area contributed by atoms with Crippen LogP contribution in [0.4, 0.5) is 0 Å². The van der Waals surface area contributed by atoms with E-state index in [0.29, 0.717) is 17.1 Å². The molecule has 0 fully saturated rings. The van der Waals surface area contributed by atoms with Gasteiger partial charge in [0, 0.05) is 5.56 Å². The molecule has 0 saturated carbocycles. The van der Waals surface area contributed by atoms with Gasteiger partial charge in [0.25, 0.3) is 0 Å². The maximum absolute atomic E-state index is 12.3. The summed E-state index contributed by atoms with van der Waals surface area (Å²) in [4.78, 5) is 24.7. The van der Waals surface area contributed by atoms with E-state index in [-0.39, 0.29) is 34.0 Å². The Hall–Kier alpha value is -2.36. The normalized spacial score (nSPS) is 13.4. The molecule has 1 N–H and O–H groups in total. The van der Waals surface area contributed by atoms with Gasteiger partial charge in [-0.15, -0.1) is 0 Å². The molecule has 4 heteroatoms. The van der Waals surface area contributed by atoms with Gasteiger partial charge in [0.2, 0.25) is 5.78 Å². The zero-order valence-electron chi connectivity index (χ0n) is 9.90. The predicted octanol–water partition coefficient (Wildman–Crippen LogP) is 2.38. The number of carbonyl (C=O) groups excluding carboxylic acids is 2. The Balaban J connectivity index is 2.41. The molecule has 0 spiro atoms. The molecule has 0 saturated heterocycles. The van der Waals surface area contributed by atoms with Gasteiger partial charge >= 0.3 is 0 Å². The van der Waals surface area contributed by atoms with E-state index in [1.807, 2.05) is 0 Å². The average Bonchev–Trinajstić information content (AvgIpc) is 2.61. The Morgan fingerprint density at radius 3 is 2.22 bits per heavy atom. The molecule has 1 heterocycles. The summed E-state index contributed by atoms with van der Waals surface area (Å²) in [5.74, 6) is 0.0521. The molecular formula is C14H10O4. The van der Waals surface area contributed by atoms with Crippen LogP contribution in [0.3, 0.4) is 0 Å². The van der Waals surface area contributed by atoms with Crippen LogP contribution < -0.4 is 0 Å². The van der Waals surface area contributed by atoms with Crippen molar-refractivity contribution in [2.24, 2.45) is 0 Å². The lowest BCUT2D eigenvalue weighted by atomic mass is 9.84. The van der Waals surface area contributed by atoms with Gasteiger partial charge in [-0.1, -0.05) is 12.1 Å². The number of fused-ring (bicyclic) bond motifs is 2. The smallest absolute Gasteiger partial charge is 0.201 e. The molecule has 1 aromatic carbocycles. The summed E-state index contributed by atoms with van der Waals surface area (Å²) in [6.45, 7) is 3.30. The van der Waals surface area contributed by atoms with E-state index in [0.717, 1.165) is 0 Å². The van der Waals surface area contributed by atoms with Gasteiger partial charge in [-0.2, -0.15) is 0 Å². The van der Waals surface area contributed by atoms with E-state index in [1.54, 1.807) is 26.0 Å². The van der Waals surface area contributed by atoms with E-state index in [9.17, 15) is 14.7 Å². The number of benzene rings is 1. The summed E-state index contributed by atoms with van der Waals surface area (Å²) in [5.41, 5.74) is 0.886. The molecule has 0 amide bonds. The van der Waals surface area contributed by atoms with Crippen LogP contribution in [-0.2, 0) is 0 Å². The van der Waals surface area contributed by atoms with Gasteiger partial charge in [0.1, 0.15) is 17.3 Å². The van der Waals surface area contributed by atoms with Crippen molar-refractivity contribution in [2.45, 2.75) is 13.8 Å². The van der Waals surface area contributed by atoms with E-state index in [2.05, 4.69) is 0 Å². The fraction of sp³-hybridized carbons (Fsp3) is 0.143. The highest BCUT2D eigenvalue weighted by atomic mass is 16.3. The molecule has 3 rings (SSSR count). The standard InChI is InChI=1S/C14H10O4/c1-6-10-11(7(2)18-6)14(17)12-8(13(10)16)4-3-5-9(12)15/h3-5,15H,1-2H3. The third kappa shape index (κ3) is 1.14. The van der Waals surface area contributed by atoms with Gasteiger partial charge in [-0.3, -0.25) is 9.59 Å². The summed E-state index contributed by atoms with van der Waals surface area (Å²) in [7, 11) is 0. The zero-order valence-corrected chi connectivity index (χ0v) is 9.90. The molecule has 18 heavy (non-hydrogen) atoms. The number of phenols is 1. The van der Waals surface area contributed by atoms with Crippen molar-refractivity contribution in [1.29, 1.82) is 0 Å². The molecule has 1 aliphatic rings. The largest absolute Gasteiger partial charge is 0.507 e. The molecule has 0 radical (unpaired) electrons. The van der Waals surface area contributed by atoms with E-state index < -0.39 is 0 Å². The van der Waals surface area contributed by atoms with Crippen LogP contribution in [0.1, 0.15) is 43.4 Å². The van der Waals surface area contributed by atoms with Crippen LogP contribution in [0.25, 0.3) is 0 Å². The maximum Gasteiger partial charge on any atom is 0.201 e. The Bertz CT molecular complexity index is 707. The molecule has 0 unspecified atom stereocenters. The quantitative estimate of drug-likeness (QED) is 0.657. The summed E-state index contributed by atoms with van der Waals surface area (Å²) >= 11 is 0. The number of aromatic hydroxyl groups is 1. The van der Waals surface area contributed by atoms with E-state index in [1.165, 1.54) is 6.07 Å². The van der Waals surface area contributed by atoms with Crippen molar-refractivity contribution in [1.82, 2.24) is 0 Å². The lowest BCUT2D eigenvalue weighted by molar-refractivity contribution is 0.0976. The third-order valence-corrected chi connectivity index (χ3v) is 3.23. The zero-order chi connectivity index (χ0) is 13.0. The Morgan fingerprint density at radius 2 is 1.56 bits per heavy atom. The topological polar surface area (TPSA) is 67.5 Å². The minimum atomic E-state index is -0.355. The number of aryl methyl sites for hydroxylation is 2. The van der Waals surface area contributed by atoms with Crippen LogP contribution in [0.5, 0.6) is 5.75 Å². The first kappa shape index (κ1) is 10.8. The molecule has 0 bridgehead atoms. The first-order valence-electron chi connectivity index (χ1n) is 5.53. The highest BCUT2D eigenvalue weighted by molar-refractivity contribution is 6.30. The fourth-order valence-electron chi connectivity index (χ4n) is 2.46. The van der Waals surface area contributed by atoms with Crippen molar-refractivity contribution in [3.05, 3.63) is 52.0 Å². The molecule has 1 aliphatic carbocycles. The summed E-state index contributed by atoms with van der Waals surface area (Å²) < 4.78 is 5.36.